The molecule has 0 saturated carbocycles. The highest BCUT2D eigenvalue weighted by Crippen LogP contribution is 2.42. The Morgan fingerprint density at radius 3 is 2.12 bits per heavy atom. The highest BCUT2D eigenvalue weighted by Gasteiger charge is 2.62. The summed E-state index contributed by atoms with van der Waals surface area (Å²) in [5, 5.41) is 10.8. The molecular weight excluding hydrogens is 557 g/mol. The fraction of sp³-hybridized carbons (Fsp3) is 0.552. The van der Waals surface area contributed by atoms with Crippen molar-refractivity contribution in [2.24, 2.45) is 0 Å². The van der Waals surface area contributed by atoms with Crippen molar-refractivity contribution in [3.63, 3.8) is 0 Å². The van der Waals surface area contributed by atoms with Gasteiger partial charge in [0.15, 0.2) is 0 Å². The lowest BCUT2D eigenvalue weighted by molar-refractivity contribution is -0.262. The summed E-state index contributed by atoms with van der Waals surface area (Å²) in [6.07, 6.45) is -3.34. The van der Waals surface area contributed by atoms with Gasteiger partial charge in [-0.05, 0) is 49.9 Å². The minimum absolute atomic E-state index is 0.0342. The van der Waals surface area contributed by atoms with Gasteiger partial charge in [0.2, 0.25) is 5.88 Å². The van der Waals surface area contributed by atoms with Crippen LogP contribution in [0.25, 0.3) is 0 Å². The first-order valence-corrected chi connectivity index (χ1v) is 13.8. The van der Waals surface area contributed by atoms with Crippen LogP contribution in [0.4, 0.5) is 19.0 Å². The van der Waals surface area contributed by atoms with Crippen molar-refractivity contribution in [3.8, 4) is 11.6 Å². The number of rotatable bonds is 8. The smallest absolute Gasteiger partial charge is 0.430 e. The molecule has 2 fully saturated rings. The molecule has 4 rings (SSSR count). The first kappa shape index (κ1) is 31.4. The Hall–Kier alpha value is -3.58. The molecular formula is C29H37F3N4O6. The molecule has 230 valence electrons. The van der Waals surface area contributed by atoms with E-state index in [9.17, 15) is 27.9 Å². The largest absolute Gasteiger partial charge is 0.497 e. The molecule has 2 amide bonds. The van der Waals surface area contributed by atoms with Crippen LogP contribution in [0.2, 0.25) is 0 Å². The first-order chi connectivity index (χ1) is 19.9. The monoisotopic (exact) mass is 594 g/mol. The zero-order valence-electron chi connectivity index (χ0n) is 24.2. The van der Waals surface area contributed by atoms with Crippen LogP contribution >= 0.6 is 0 Å². The molecule has 2 aliphatic heterocycles. The summed E-state index contributed by atoms with van der Waals surface area (Å²) in [6, 6.07) is 8.33. The number of aliphatic hydroxyl groups is 1. The van der Waals surface area contributed by atoms with E-state index < -0.39 is 23.2 Å². The number of carbonyl (C=O) groups excluding carboxylic acids is 2. The summed E-state index contributed by atoms with van der Waals surface area (Å²) in [5.41, 5.74) is -3.89. The van der Waals surface area contributed by atoms with Gasteiger partial charge >= 0.3 is 6.18 Å². The van der Waals surface area contributed by atoms with Crippen LogP contribution in [0.5, 0.6) is 11.6 Å². The molecule has 1 aromatic heterocycles. The lowest BCUT2D eigenvalue weighted by atomic mass is 9.90. The van der Waals surface area contributed by atoms with Gasteiger partial charge in [-0.1, -0.05) is 12.1 Å². The lowest BCUT2D eigenvalue weighted by Gasteiger charge is -2.40. The Bertz CT molecular complexity index is 1260. The van der Waals surface area contributed by atoms with Gasteiger partial charge in [0.05, 0.1) is 26.4 Å². The third-order valence-corrected chi connectivity index (χ3v) is 7.76. The summed E-state index contributed by atoms with van der Waals surface area (Å²) in [5.74, 6) is -0.548. The number of anilines is 1. The van der Waals surface area contributed by atoms with Crippen LogP contribution in [0.1, 0.15) is 41.6 Å². The molecule has 0 bridgehead atoms. The van der Waals surface area contributed by atoms with E-state index in [4.69, 9.17) is 14.2 Å². The Kier molecular flexibility index (Phi) is 9.51. The van der Waals surface area contributed by atoms with Crippen molar-refractivity contribution in [1.82, 2.24) is 14.8 Å². The quantitative estimate of drug-likeness (QED) is 0.497. The molecule has 0 radical (unpaired) electrons. The summed E-state index contributed by atoms with van der Waals surface area (Å²) >= 11 is 0. The van der Waals surface area contributed by atoms with E-state index in [1.165, 1.54) is 31.3 Å². The number of nitrogens with zero attached hydrogens (tertiary/aromatic N) is 4. The van der Waals surface area contributed by atoms with Crippen molar-refractivity contribution in [2.75, 3.05) is 59.4 Å². The van der Waals surface area contributed by atoms with Crippen LogP contribution in [-0.4, -0.2) is 105 Å². The van der Waals surface area contributed by atoms with E-state index in [0.29, 0.717) is 50.2 Å². The summed E-state index contributed by atoms with van der Waals surface area (Å²) in [6.45, 7) is 1.40. The molecule has 0 aliphatic carbocycles. The standard InChI is InChI=1S/C29H37F3N4O6/c1-34(2)26(37)23-8-9-24(33-25(23)41-4)35-14-10-20(11-15-35)42-21-12-16-36(17-13-21)27(38)28(39,29(30,31)32)19-6-5-7-22(18-19)40-3/h5-9,18,20-21,39H,10-17H2,1-4H3/t28-/m1/s1. The van der Waals surface area contributed by atoms with Gasteiger partial charge in [-0.25, -0.2) is 0 Å². The second-order valence-electron chi connectivity index (χ2n) is 10.7. The Morgan fingerprint density at radius 2 is 1.57 bits per heavy atom. The van der Waals surface area contributed by atoms with E-state index >= 15 is 0 Å². The predicted octanol–water partition coefficient (Wildman–Crippen LogP) is 3.23. The summed E-state index contributed by atoms with van der Waals surface area (Å²) < 4.78 is 58.9. The number of aromatic nitrogens is 1. The number of hydrogen-bond donors (Lipinski definition) is 1. The number of likely N-dealkylation sites (tertiary alicyclic amines) is 1. The van der Waals surface area contributed by atoms with Crippen molar-refractivity contribution in [2.45, 2.75) is 49.7 Å². The van der Waals surface area contributed by atoms with E-state index in [1.807, 2.05) is 0 Å². The average Bonchev–Trinajstić information content (AvgIpc) is 2.99. The summed E-state index contributed by atoms with van der Waals surface area (Å²) in [4.78, 5) is 34.6. The maximum atomic E-state index is 14.1. The minimum atomic E-state index is -5.22. The predicted molar refractivity (Wildman–Crippen MR) is 148 cm³/mol. The fourth-order valence-electron chi connectivity index (χ4n) is 5.34. The third-order valence-electron chi connectivity index (χ3n) is 7.76. The highest BCUT2D eigenvalue weighted by atomic mass is 19.4. The second-order valence-corrected chi connectivity index (χ2v) is 10.7. The number of hydrogen-bond acceptors (Lipinski definition) is 8. The number of amides is 2. The van der Waals surface area contributed by atoms with Crippen LogP contribution in [0.15, 0.2) is 36.4 Å². The third kappa shape index (κ3) is 6.41. The Morgan fingerprint density at radius 1 is 0.952 bits per heavy atom. The second kappa shape index (κ2) is 12.7. The van der Waals surface area contributed by atoms with Gasteiger partial charge in [-0.2, -0.15) is 18.2 Å². The average molecular weight is 595 g/mol. The van der Waals surface area contributed by atoms with Gasteiger partial charge < -0.3 is 34.0 Å². The van der Waals surface area contributed by atoms with Gasteiger partial charge in [0.25, 0.3) is 17.4 Å². The number of piperidine rings is 2. The fourth-order valence-corrected chi connectivity index (χ4v) is 5.34. The van der Waals surface area contributed by atoms with E-state index in [2.05, 4.69) is 9.88 Å². The first-order valence-electron chi connectivity index (χ1n) is 13.8. The number of halogens is 3. The van der Waals surface area contributed by atoms with Gasteiger partial charge in [0, 0.05) is 45.8 Å². The molecule has 2 aliphatic rings. The summed E-state index contributed by atoms with van der Waals surface area (Å²) in [7, 11) is 6.09. The van der Waals surface area contributed by atoms with Crippen molar-refractivity contribution in [3.05, 3.63) is 47.5 Å². The van der Waals surface area contributed by atoms with Gasteiger partial charge in [-0.3, -0.25) is 9.59 Å². The molecule has 3 heterocycles. The molecule has 42 heavy (non-hydrogen) atoms. The number of methoxy groups -OCH3 is 2. The molecule has 2 saturated heterocycles. The number of pyridine rings is 1. The van der Waals surface area contributed by atoms with Crippen molar-refractivity contribution >= 4 is 17.6 Å². The number of benzene rings is 1. The topological polar surface area (TPSA) is 105 Å². The Labute approximate surface area is 242 Å². The Balaban J connectivity index is 1.32. The van der Waals surface area contributed by atoms with Crippen LogP contribution < -0.4 is 14.4 Å². The maximum Gasteiger partial charge on any atom is 0.430 e. The minimum Gasteiger partial charge on any atom is -0.497 e. The molecule has 2 aromatic rings. The normalized spacial score (nSPS) is 18.4. The lowest BCUT2D eigenvalue weighted by Crippen LogP contribution is -2.57. The SMILES string of the molecule is COc1cccc([C@@](O)(C(=O)N2CCC(OC3CCN(c4ccc(C(=O)N(C)C)c(OC)n4)CC3)CC2)C(F)(F)F)c1. The van der Waals surface area contributed by atoms with E-state index in [0.717, 1.165) is 17.0 Å². The van der Waals surface area contributed by atoms with Crippen LogP contribution in [-0.2, 0) is 15.1 Å². The molecule has 1 aromatic carbocycles. The number of ether oxygens (including phenoxy) is 3. The molecule has 0 unspecified atom stereocenters. The molecule has 13 heteroatoms. The van der Waals surface area contributed by atoms with E-state index in [1.54, 1.807) is 26.2 Å². The van der Waals surface area contributed by atoms with Crippen LogP contribution in [0.3, 0.4) is 0 Å². The van der Waals surface area contributed by atoms with Gasteiger partial charge in [-0.15, -0.1) is 0 Å². The highest BCUT2D eigenvalue weighted by molar-refractivity contribution is 5.96. The zero-order chi connectivity index (χ0) is 30.7. The van der Waals surface area contributed by atoms with E-state index in [-0.39, 0.29) is 42.8 Å². The van der Waals surface area contributed by atoms with Crippen LogP contribution in [0, 0.1) is 0 Å². The molecule has 0 spiro atoms. The molecule has 1 N–H and O–H groups in total. The number of alkyl halides is 3. The van der Waals surface area contributed by atoms with Gasteiger partial charge in [0.1, 0.15) is 17.1 Å². The maximum absolute atomic E-state index is 14.1. The van der Waals surface area contributed by atoms with Crippen molar-refractivity contribution < 1.29 is 42.1 Å². The zero-order valence-corrected chi connectivity index (χ0v) is 24.2. The number of carbonyl (C=O) groups is 2. The molecule has 10 nitrogen and oxygen atoms in total. The van der Waals surface area contributed by atoms with Crippen molar-refractivity contribution in [1.29, 1.82) is 0 Å². The molecule has 1 atom stereocenters.